The van der Waals surface area contributed by atoms with Crippen LogP contribution in [0.5, 0.6) is 5.75 Å². The zero-order valence-electron chi connectivity index (χ0n) is 12.6. The topological polar surface area (TPSA) is 61.7 Å². The number of ether oxygens (including phenoxy) is 1. The smallest absolute Gasteiger partial charge is 0.123 e. The Kier molecular flexibility index (Phi) is 8.71. The second-order valence-corrected chi connectivity index (χ2v) is 5.55. The molecule has 0 radical (unpaired) electrons. The van der Waals surface area contributed by atoms with Gasteiger partial charge < -0.3 is 20.3 Å². The summed E-state index contributed by atoms with van der Waals surface area (Å²) < 4.78 is 18.9. The van der Waals surface area contributed by atoms with E-state index < -0.39 is 12.2 Å². The van der Waals surface area contributed by atoms with Crippen molar-refractivity contribution in [3.63, 3.8) is 0 Å². The number of benzene rings is 1. The summed E-state index contributed by atoms with van der Waals surface area (Å²) in [7, 11) is 0. The minimum Gasteiger partial charge on any atom is -0.491 e. The van der Waals surface area contributed by atoms with Gasteiger partial charge in [0.15, 0.2) is 0 Å². The summed E-state index contributed by atoms with van der Waals surface area (Å²) >= 11 is 0. The summed E-state index contributed by atoms with van der Waals surface area (Å²) in [4.78, 5) is 0. The maximum atomic E-state index is 13.4. The molecule has 0 amide bonds. The summed E-state index contributed by atoms with van der Waals surface area (Å²) in [6.45, 7) is 1.59. The molecule has 3 N–H and O–H groups in total. The lowest BCUT2D eigenvalue weighted by atomic mass is 10.1. The number of hydrogen-bond acceptors (Lipinski definition) is 4. The molecule has 0 fully saturated rings. The Balaban J connectivity index is 0.00000242. The van der Waals surface area contributed by atoms with Gasteiger partial charge in [-0.2, -0.15) is 0 Å². The molecule has 2 rings (SSSR count). The van der Waals surface area contributed by atoms with Gasteiger partial charge in [0.25, 0.3) is 0 Å². The highest BCUT2D eigenvalue weighted by molar-refractivity contribution is 5.85. The van der Waals surface area contributed by atoms with Gasteiger partial charge in [0.1, 0.15) is 24.3 Å². The number of rotatable bonds is 0. The number of aryl methyl sites for hydroxylation is 1. The molecule has 1 aliphatic rings. The first-order valence-corrected chi connectivity index (χ1v) is 7.65. The molecule has 1 aromatic rings. The number of hydrogen-bond donors (Lipinski definition) is 3. The summed E-state index contributed by atoms with van der Waals surface area (Å²) in [6.07, 6.45) is 2.58. The Morgan fingerprint density at radius 1 is 1.09 bits per heavy atom. The van der Waals surface area contributed by atoms with E-state index in [0.29, 0.717) is 18.7 Å². The van der Waals surface area contributed by atoms with Gasteiger partial charge in [-0.1, -0.05) is 6.42 Å². The van der Waals surface area contributed by atoms with E-state index in [1.54, 1.807) is 6.07 Å². The average molecular weight is 334 g/mol. The molecular formula is C16H25ClFNO3. The normalized spacial score (nSPS) is 24.3. The predicted molar refractivity (Wildman–Crippen MR) is 86.2 cm³/mol. The molecular weight excluding hydrogens is 309 g/mol. The molecule has 6 heteroatoms. The van der Waals surface area contributed by atoms with E-state index >= 15 is 0 Å². The van der Waals surface area contributed by atoms with Crippen LogP contribution >= 0.6 is 12.4 Å². The van der Waals surface area contributed by atoms with Crippen LogP contribution in [0, 0.1) is 5.82 Å². The zero-order chi connectivity index (χ0) is 15.1. The molecule has 0 saturated heterocycles. The largest absolute Gasteiger partial charge is 0.491 e. The van der Waals surface area contributed by atoms with E-state index in [9.17, 15) is 14.6 Å². The first-order chi connectivity index (χ1) is 10.2. The Labute approximate surface area is 137 Å². The van der Waals surface area contributed by atoms with Crippen LogP contribution in [0.25, 0.3) is 0 Å². The minimum absolute atomic E-state index is 0. The molecule has 22 heavy (non-hydrogen) atoms. The number of fused-ring (bicyclic) bond motifs is 1. The molecule has 0 aliphatic carbocycles. The molecule has 1 heterocycles. The van der Waals surface area contributed by atoms with Crippen molar-refractivity contribution in [2.24, 2.45) is 0 Å². The van der Waals surface area contributed by atoms with Crippen molar-refractivity contribution in [3.8, 4) is 5.75 Å². The van der Waals surface area contributed by atoms with Crippen LogP contribution in [-0.4, -0.2) is 42.1 Å². The molecule has 0 unspecified atom stereocenters. The van der Waals surface area contributed by atoms with Crippen molar-refractivity contribution in [1.82, 2.24) is 5.32 Å². The highest BCUT2D eigenvalue weighted by Gasteiger charge is 2.17. The second kappa shape index (κ2) is 10.0. The number of aliphatic hydroxyl groups excluding tert-OH is 2. The third-order valence-electron chi connectivity index (χ3n) is 3.79. The lowest BCUT2D eigenvalue weighted by Crippen LogP contribution is -2.34. The highest BCUT2D eigenvalue weighted by atomic mass is 35.5. The Morgan fingerprint density at radius 3 is 2.73 bits per heavy atom. The van der Waals surface area contributed by atoms with E-state index in [4.69, 9.17) is 4.74 Å². The van der Waals surface area contributed by atoms with Gasteiger partial charge in [0.2, 0.25) is 0 Å². The van der Waals surface area contributed by atoms with Crippen LogP contribution in [-0.2, 0) is 6.42 Å². The van der Waals surface area contributed by atoms with Gasteiger partial charge in [-0.05, 0) is 62.5 Å². The fourth-order valence-corrected chi connectivity index (χ4v) is 2.48. The predicted octanol–water partition coefficient (Wildman–Crippen LogP) is 2.05. The van der Waals surface area contributed by atoms with E-state index in [1.165, 1.54) is 12.1 Å². The average Bonchev–Trinajstić information content (AvgIpc) is 2.47. The standard InChI is InChI=1S/C16H24FNO3.ClH/c17-13-5-6-16-12(10-13)4-2-1-3-8-18-9-7-14(19)15(20)11-21-16;/h5-6,10,14-15,18-20H,1-4,7-9,11H2;1H/t14-,15+;/m0./s1. The third kappa shape index (κ3) is 6.08. The van der Waals surface area contributed by atoms with Gasteiger partial charge in [-0.3, -0.25) is 0 Å². The molecule has 1 aromatic carbocycles. The van der Waals surface area contributed by atoms with Crippen molar-refractivity contribution in [2.75, 3.05) is 19.7 Å². The Hall–Kier alpha value is -0.880. The molecule has 2 atom stereocenters. The monoisotopic (exact) mass is 333 g/mol. The highest BCUT2D eigenvalue weighted by Crippen LogP contribution is 2.22. The zero-order valence-corrected chi connectivity index (χ0v) is 13.4. The second-order valence-electron chi connectivity index (χ2n) is 5.55. The van der Waals surface area contributed by atoms with Crippen LogP contribution in [0.3, 0.4) is 0 Å². The van der Waals surface area contributed by atoms with Gasteiger partial charge >= 0.3 is 0 Å². The van der Waals surface area contributed by atoms with Crippen molar-refractivity contribution in [3.05, 3.63) is 29.6 Å². The first kappa shape index (κ1) is 19.2. The summed E-state index contributed by atoms with van der Waals surface area (Å²) in [5.41, 5.74) is 0.821. The molecule has 0 saturated carbocycles. The molecule has 126 valence electrons. The van der Waals surface area contributed by atoms with E-state index in [0.717, 1.165) is 37.8 Å². The molecule has 1 aliphatic heterocycles. The van der Waals surface area contributed by atoms with Crippen LogP contribution in [0.1, 0.15) is 31.2 Å². The fraction of sp³-hybridized carbons (Fsp3) is 0.625. The molecule has 0 aromatic heterocycles. The van der Waals surface area contributed by atoms with Crippen molar-refractivity contribution in [2.45, 2.75) is 44.3 Å². The van der Waals surface area contributed by atoms with Crippen LogP contribution < -0.4 is 10.1 Å². The lowest BCUT2D eigenvalue weighted by Gasteiger charge is -2.20. The fourth-order valence-electron chi connectivity index (χ4n) is 2.48. The van der Waals surface area contributed by atoms with E-state index in [2.05, 4.69) is 5.32 Å². The quantitative estimate of drug-likeness (QED) is 0.680. The maximum Gasteiger partial charge on any atom is 0.123 e. The first-order valence-electron chi connectivity index (χ1n) is 7.65. The summed E-state index contributed by atoms with van der Waals surface area (Å²) in [5.74, 6) is 0.318. The van der Waals surface area contributed by atoms with Crippen molar-refractivity contribution >= 4 is 12.4 Å². The number of aliphatic hydroxyl groups is 2. The van der Waals surface area contributed by atoms with E-state index in [-0.39, 0.29) is 24.8 Å². The summed E-state index contributed by atoms with van der Waals surface area (Å²) in [6, 6.07) is 4.44. The van der Waals surface area contributed by atoms with Crippen molar-refractivity contribution < 1.29 is 19.3 Å². The molecule has 0 spiro atoms. The Bertz CT molecular complexity index is 447. The van der Waals surface area contributed by atoms with Gasteiger partial charge in [0, 0.05) is 0 Å². The maximum absolute atomic E-state index is 13.4. The van der Waals surface area contributed by atoms with Crippen LogP contribution in [0.4, 0.5) is 4.39 Å². The molecule has 0 bridgehead atoms. The number of halogens is 2. The summed E-state index contributed by atoms with van der Waals surface area (Å²) in [5, 5.41) is 23.0. The van der Waals surface area contributed by atoms with Gasteiger partial charge in [-0.25, -0.2) is 4.39 Å². The third-order valence-corrected chi connectivity index (χ3v) is 3.79. The van der Waals surface area contributed by atoms with Crippen LogP contribution in [0.15, 0.2) is 18.2 Å². The van der Waals surface area contributed by atoms with Gasteiger partial charge in [-0.15, -0.1) is 12.4 Å². The SMILES string of the molecule is Cl.O[C@@H]1COc2ccc(F)cc2CCCCCNCC[C@@H]1O. The van der Waals surface area contributed by atoms with Crippen LogP contribution in [0.2, 0.25) is 0 Å². The van der Waals surface area contributed by atoms with Crippen molar-refractivity contribution in [1.29, 1.82) is 0 Å². The van der Waals surface area contributed by atoms with E-state index in [1.807, 2.05) is 0 Å². The lowest BCUT2D eigenvalue weighted by molar-refractivity contribution is -0.0114. The molecule has 4 nitrogen and oxygen atoms in total. The minimum atomic E-state index is -0.937. The van der Waals surface area contributed by atoms with Gasteiger partial charge in [0.05, 0.1) is 6.10 Å². The number of nitrogens with one attached hydrogen (secondary N) is 1. The Morgan fingerprint density at radius 2 is 1.91 bits per heavy atom.